The van der Waals surface area contributed by atoms with Crippen molar-refractivity contribution < 1.29 is 0 Å². The summed E-state index contributed by atoms with van der Waals surface area (Å²) in [6.07, 6.45) is 4.58. The summed E-state index contributed by atoms with van der Waals surface area (Å²) in [5.41, 5.74) is 9.64. The van der Waals surface area contributed by atoms with E-state index in [1.165, 1.54) is 24.1 Å². The minimum atomic E-state index is 0.807. The molecule has 0 atom stereocenters. The second-order valence-electron chi connectivity index (χ2n) is 4.41. The van der Waals surface area contributed by atoms with E-state index in [1.54, 1.807) is 0 Å². The Labute approximate surface area is 109 Å². The van der Waals surface area contributed by atoms with E-state index < -0.39 is 0 Å². The number of nitrogens with zero attached hydrogens (tertiary/aromatic N) is 2. The summed E-state index contributed by atoms with van der Waals surface area (Å²) < 4.78 is 2.93. The molecule has 17 heavy (non-hydrogen) atoms. The highest BCUT2D eigenvalue weighted by Gasteiger charge is 2.19. The molecule has 4 heteroatoms. The molecular weight excluding hydrogens is 278 g/mol. The summed E-state index contributed by atoms with van der Waals surface area (Å²) in [6, 6.07) is 8.07. The van der Waals surface area contributed by atoms with Crippen LogP contribution in [0.1, 0.15) is 24.1 Å². The SMILES string of the molecule is Nc1c2c(nn1-c1ccc(Br)cc1)CCCC2. The van der Waals surface area contributed by atoms with E-state index in [-0.39, 0.29) is 0 Å². The van der Waals surface area contributed by atoms with Crippen molar-refractivity contribution in [2.24, 2.45) is 0 Å². The standard InChI is InChI=1S/C13H14BrN3/c14-9-5-7-10(8-6-9)17-13(15)11-3-1-2-4-12(11)16-17/h5-8H,1-4,15H2. The highest BCUT2D eigenvalue weighted by Crippen LogP contribution is 2.28. The molecular formula is C13H14BrN3. The smallest absolute Gasteiger partial charge is 0.130 e. The lowest BCUT2D eigenvalue weighted by molar-refractivity contribution is 0.671. The number of anilines is 1. The zero-order valence-corrected chi connectivity index (χ0v) is 11.1. The van der Waals surface area contributed by atoms with Gasteiger partial charge in [-0.25, -0.2) is 4.68 Å². The van der Waals surface area contributed by atoms with Crippen LogP contribution in [0.25, 0.3) is 5.69 Å². The van der Waals surface area contributed by atoms with Gasteiger partial charge in [-0.1, -0.05) is 15.9 Å². The number of aromatic nitrogens is 2. The Morgan fingerprint density at radius 1 is 1.12 bits per heavy atom. The molecule has 0 radical (unpaired) electrons. The Balaban J connectivity index is 2.09. The molecule has 0 aliphatic heterocycles. The van der Waals surface area contributed by atoms with Gasteiger partial charge in [-0.2, -0.15) is 5.10 Å². The Kier molecular flexibility index (Phi) is 2.67. The molecule has 0 amide bonds. The molecule has 1 aliphatic rings. The summed E-state index contributed by atoms with van der Waals surface area (Å²) in [7, 11) is 0. The quantitative estimate of drug-likeness (QED) is 0.877. The van der Waals surface area contributed by atoms with Crippen LogP contribution < -0.4 is 5.73 Å². The molecule has 0 saturated heterocycles. The van der Waals surface area contributed by atoms with E-state index in [0.29, 0.717) is 0 Å². The number of nitrogen functional groups attached to an aromatic ring is 1. The first-order chi connectivity index (χ1) is 8.25. The topological polar surface area (TPSA) is 43.8 Å². The molecule has 0 spiro atoms. The summed E-state index contributed by atoms with van der Waals surface area (Å²) in [4.78, 5) is 0. The molecule has 1 aromatic heterocycles. The van der Waals surface area contributed by atoms with Gasteiger partial charge in [0.15, 0.2) is 0 Å². The molecule has 0 unspecified atom stereocenters. The van der Waals surface area contributed by atoms with E-state index >= 15 is 0 Å². The Bertz CT molecular complexity index is 543. The molecule has 1 aliphatic carbocycles. The van der Waals surface area contributed by atoms with Crippen molar-refractivity contribution >= 4 is 21.7 Å². The lowest BCUT2D eigenvalue weighted by Gasteiger charge is -2.08. The predicted molar refractivity (Wildman–Crippen MR) is 72.3 cm³/mol. The van der Waals surface area contributed by atoms with Gasteiger partial charge in [-0.3, -0.25) is 0 Å². The molecule has 1 heterocycles. The molecule has 1 aromatic carbocycles. The second kappa shape index (κ2) is 4.18. The fourth-order valence-electron chi connectivity index (χ4n) is 2.36. The molecule has 3 nitrogen and oxygen atoms in total. The molecule has 2 aromatic rings. The van der Waals surface area contributed by atoms with E-state index in [1.807, 2.05) is 28.9 Å². The van der Waals surface area contributed by atoms with E-state index in [4.69, 9.17) is 5.73 Å². The number of aryl methyl sites for hydroxylation is 1. The van der Waals surface area contributed by atoms with Crippen molar-refractivity contribution in [1.29, 1.82) is 0 Å². The third-order valence-electron chi connectivity index (χ3n) is 3.27. The second-order valence-corrected chi connectivity index (χ2v) is 5.32. The number of nitrogens with two attached hydrogens (primary N) is 1. The summed E-state index contributed by atoms with van der Waals surface area (Å²) in [5.74, 6) is 0.807. The minimum Gasteiger partial charge on any atom is -0.383 e. The van der Waals surface area contributed by atoms with Crippen molar-refractivity contribution in [3.63, 3.8) is 0 Å². The van der Waals surface area contributed by atoms with Crippen LogP contribution >= 0.6 is 15.9 Å². The molecule has 88 valence electrons. The van der Waals surface area contributed by atoms with Gasteiger partial charge in [0.2, 0.25) is 0 Å². The molecule has 0 bridgehead atoms. The van der Waals surface area contributed by atoms with Gasteiger partial charge < -0.3 is 5.73 Å². The maximum atomic E-state index is 6.18. The lowest BCUT2D eigenvalue weighted by atomic mass is 9.98. The van der Waals surface area contributed by atoms with Crippen LogP contribution in [0.3, 0.4) is 0 Å². The summed E-state index contributed by atoms with van der Waals surface area (Å²) >= 11 is 3.43. The van der Waals surface area contributed by atoms with Crippen molar-refractivity contribution in [3.05, 3.63) is 40.0 Å². The fourth-order valence-corrected chi connectivity index (χ4v) is 2.62. The highest BCUT2D eigenvalue weighted by atomic mass is 79.9. The van der Waals surface area contributed by atoms with Gasteiger partial charge in [0.05, 0.1) is 11.4 Å². The largest absolute Gasteiger partial charge is 0.383 e. The number of rotatable bonds is 1. The number of benzene rings is 1. The Morgan fingerprint density at radius 2 is 1.82 bits per heavy atom. The number of hydrogen-bond donors (Lipinski definition) is 1. The van der Waals surface area contributed by atoms with Crippen LogP contribution in [-0.4, -0.2) is 9.78 Å². The van der Waals surface area contributed by atoms with Crippen molar-refractivity contribution in [1.82, 2.24) is 9.78 Å². The zero-order valence-electron chi connectivity index (χ0n) is 9.49. The zero-order chi connectivity index (χ0) is 11.8. The van der Waals surface area contributed by atoms with E-state index in [2.05, 4.69) is 21.0 Å². The monoisotopic (exact) mass is 291 g/mol. The molecule has 3 rings (SSSR count). The maximum absolute atomic E-state index is 6.18. The average Bonchev–Trinajstić information content (AvgIpc) is 2.69. The number of halogens is 1. The van der Waals surface area contributed by atoms with E-state index in [9.17, 15) is 0 Å². The van der Waals surface area contributed by atoms with E-state index in [0.717, 1.165) is 28.8 Å². The van der Waals surface area contributed by atoms with Crippen molar-refractivity contribution in [2.75, 3.05) is 5.73 Å². The maximum Gasteiger partial charge on any atom is 0.130 e. The van der Waals surface area contributed by atoms with Gasteiger partial charge in [-0.15, -0.1) is 0 Å². The number of hydrogen-bond acceptors (Lipinski definition) is 2. The van der Waals surface area contributed by atoms with Gasteiger partial charge in [0.25, 0.3) is 0 Å². The first-order valence-electron chi connectivity index (χ1n) is 5.88. The van der Waals surface area contributed by atoms with Crippen LogP contribution in [0.15, 0.2) is 28.7 Å². The predicted octanol–water partition coefficient (Wildman–Crippen LogP) is 3.10. The minimum absolute atomic E-state index is 0.807. The van der Waals surface area contributed by atoms with Crippen LogP contribution in [0.4, 0.5) is 5.82 Å². The van der Waals surface area contributed by atoms with Crippen LogP contribution in [0, 0.1) is 0 Å². The summed E-state index contributed by atoms with van der Waals surface area (Å²) in [5, 5.41) is 4.63. The van der Waals surface area contributed by atoms with Gasteiger partial charge in [0.1, 0.15) is 5.82 Å². The van der Waals surface area contributed by atoms with Gasteiger partial charge in [0, 0.05) is 10.0 Å². The molecule has 2 N–H and O–H groups in total. The highest BCUT2D eigenvalue weighted by molar-refractivity contribution is 9.10. The average molecular weight is 292 g/mol. The summed E-state index contributed by atoms with van der Waals surface area (Å²) in [6.45, 7) is 0. The fraction of sp³-hybridized carbons (Fsp3) is 0.308. The third-order valence-corrected chi connectivity index (χ3v) is 3.80. The lowest BCUT2D eigenvalue weighted by Crippen LogP contribution is -2.03. The third kappa shape index (κ3) is 1.86. The first kappa shape index (κ1) is 10.8. The van der Waals surface area contributed by atoms with Crippen LogP contribution in [-0.2, 0) is 12.8 Å². The number of fused-ring (bicyclic) bond motifs is 1. The molecule has 0 saturated carbocycles. The van der Waals surface area contributed by atoms with Gasteiger partial charge in [-0.05, 0) is 49.9 Å². The van der Waals surface area contributed by atoms with Gasteiger partial charge >= 0.3 is 0 Å². The van der Waals surface area contributed by atoms with Crippen LogP contribution in [0.5, 0.6) is 0 Å². The van der Waals surface area contributed by atoms with Crippen molar-refractivity contribution in [2.45, 2.75) is 25.7 Å². The Morgan fingerprint density at radius 3 is 2.53 bits per heavy atom. The Hall–Kier alpha value is -1.29. The van der Waals surface area contributed by atoms with Crippen molar-refractivity contribution in [3.8, 4) is 5.69 Å². The van der Waals surface area contributed by atoms with Crippen LogP contribution in [0.2, 0.25) is 0 Å². The molecule has 0 fully saturated rings. The first-order valence-corrected chi connectivity index (χ1v) is 6.67. The normalized spacial score (nSPS) is 14.6.